The molecule has 0 saturated heterocycles. The van der Waals surface area contributed by atoms with Gasteiger partial charge in [-0.1, -0.05) is 148 Å². The first-order valence-electron chi connectivity index (χ1n) is 21.1. The first-order valence-corrected chi connectivity index (χ1v) is 22.0. The van der Waals surface area contributed by atoms with E-state index in [1.54, 1.807) is 11.1 Å². The third-order valence-electron chi connectivity index (χ3n) is 14.0. The molecule has 1 fully saturated rings. The van der Waals surface area contributed by atoms with Crippen molar-refractivity contribution >= 4 is 31.5 Å². The molecular formula is C55H44N2S. The summed E-state index contributed by atoms with van der Waals surface area (Å²) in [5.41, 5.74) is 18.7. The normalized spacial score (nSPS) is 18.1. The predicted molar refractivity (Wildman–Crippen MR) is 244 cm³/mol. The highest BCUT2D eigenvalue weighted by atomic mass is 32.1. The Morgan fingerprint density at radius 3 is 2.17 bits per heavy atom. The monoisotopic (exact) mass is 764 g/mol. The highest BCUT2D eigenvalue weighted by molar-refractivity contribution is 7.26. The van der Waals surface area contributed by atoms with Crippen LogP contribution in [0, 0.1) is 0 Å². The number of nitrogens with zero attached hydrogens (tertiary/aromatic N) is 2. The van der Waals surface area contributed by atoms with E-state index in [4.69, 9.17) is 9.97 Å². The van der Waals surface area contributed by atoms with Gasteiger partial charge < -0.3 is 0 Å². The molecule has 2 nitrogen and oxygen atoms in total. The molecule has 0 N–H and O–H groups in total. The van der Waals surface area contributed by atoms with Crippen molar-refractivity contribution in [3.63, 3.8) is 0 Å². The van der Waals surface area contributed by atoms with Gasteiger partial charge in [-0.05, 0) is 111 Å². The summed E-state index contributed by atoms with van der Waals surface area (Å²) >= 11 is 1.88. The number of fused-ring (bicyclic) bond motifs is 11. The van der Waals surface area contributed by atoms with E-state index in [0.717, 1.165) is 29.2 Å². The maximum Gasteiger partial charge on any atom is 0.160 e. The van der Waals surface area contributed by atoms with Crippen LogP contribution in [-0.4, -0.2) is 9.97 Å². The van der Waals surface area contributed by atoms with Gasteiger partial charge in [-0.25, -0.2) is 9.97 Å². The molecule has 3 heteroatoms. The van der Waals surface area contributed by atoms with Gasteiger partial charge in [0.25, 0.3) is 0 Å². The third-order valence-corrected chi connectivity index (χ3v) is 15.2. The zero-order valence-electron chi connectivity index (χ0n) is 33.1. The van der Waals surface area contributed by atoms with Crippen LogP contribution in [0.25, 0.3) is 76.2 Å². The Labute approximate surface area is 344 Å². The quantitative estimate of drug-likeness (QED) is 0.178. The molecule has 1 atom stereocenters. The number of allylic oxidation sites excluding steroid dienone is 4. The number of hydrogen-bond donors (Lipinski definition) is 0. The van der Waals surface area contributed by atoms with Crippen molar-refractivity contribution in [2.24, 2.45) is 0 Å². The molecule has 4 aliphatic rings. The standard InChI is InChI=1S/C55H44N2S/c1-54(2)45-22-11-10-19-38(45)42-32-48-43(31-47(42)54)41-29-36(23-25-46(41)55(48)27-12-5-13-28-55)37-24-26-51-44(30-37)39-20-14-21-40(52(39)58-51)50-33-49(34-15-6-3-7-16-34)56-53(57-50)35-17-8-4-9-18-35/h3-4,6-11,14-15,17-26,29-34H,5,12-13,16,27-28H2,1-2H3. The summed E-state index contributed by atoms with van der Waals surface area (Å²) in [5, 5.41) is 2.59. The van der Waals surface area contributed by atoms with Gasteiger partial charge in [0, 0.05) is 48.0 Å². The molecule has 1 spiro atoms. The smallest absolute Gasteiger partial charge is 0.160 e. The van der Waals surface area contributed by atoms with Gasteiger partial charge in [-0.15, -0.1) is 11.3 Å². The molecule has 280 valence electrons. The summed E-state index contributed by atoms with van der Waals surface area (Å²) in [5.74, 6) is 1.01. The second-order valence-electron chi connectivity index (χ2n) is 17.5. The van der Waals surface area contributed by atoms with Crippen molar-refractivity contribution in [3.05, 3.63) is 180 Å². The van der Waals surface area contributed by atoms with Crippen LogP contribution in [0.15, 0.2) is 152 Å². The lowest BCUT2D eigenvalue weighted by Gasteiger charge is -2.36. The molecule has 2 heterocycles. The van der Waals surface area contributed by atoms with Gasteiger partial charge in [-0.2, -0.15) is 0 Å². The highest BCUT2D eigenvalue weighted by Crippen LogP contribution is 2.60. The molecule has 6 aromatic carbocycles. The van der Waals surface area contributed by atoms with E-state index in [9.17, 15) is 0 Å². The van der Waals surface area contributed by atoms with Crippen LogP contribution in [0.3, 0.4) is 0 Å². The largest absolute Gasteiger partial charge is 0.232 e. The molecule has 0 amide bonds. The summed E-state index contributed by atoms with van der Waals surface area (Å²) in [6.45, 7) is 4.83. The van der Waals surface area contributed by atoms with Gasteiger partial charge in [0.15, 0.2) is 5.82 Å². The number of benzene rings is 6. The van der Waals surface area contributed by atoms with Crippen molar-refractivity contribution in [1.82, 2.24) is 9.97 Å². The fourth-order valence-corrected chi connectivity index (χ4v) is 12.3. The summed E-state index contributed by atoms with van der Waals surface area (Å²) in [6, 6.07) is 48.3. The van der Waals surface area contributed by atoms with Crippen LogP contribution in [-0.2, 0) is 10.8 Å². The second kappa shape index (κ2) is 12.8. The van der Waals surface area contributed by atoms with Crippen molar-refractivity contribution in [3.8, 4) is 56.0 Å². The number of rotatable bonds is 4. The third kappa shape index (κ3) is 5.02. The average molecular weight is 765 g/mol. The first kappa shape index (κ1) is 34.2. The Kier molecular flexibility index (Phi) is 7.54. The Morgan fingerprint density at radius 1 is 0.552 bits per heavy atom. The fourth-order valence-electron chi connectivity index (χ4n) is 11.1. The second-order valence-corrected chi connectivity index (χ2v) is 18.6. The van der Waals surface area contributed by atoms with Gasteiger partial charge in [0.2, 0.25) is 0 Å². The van der Waals surface area contributed by atoms with Gasteiger partial charge >= 0.3 is 0 Å². The summed E-state index contributed by atoms with van der Waals surface area (Å²) < 4.78 is 2.58. The van der Waals surface area contributed by atoms with E-state index in [0.29, 0.717) is 0 Å². The molecule has 1 saturated carbocycles. The minimum atomic E-state index is -0.0222. The van der Waals surface area contributed by atoms with Crippen LogP contribution in [0.1, 0.15) is 86.2 Å². The summed E-state index contributed by atoms with van der Waals surface area (Å²) in [4.78, 5) is 10.4. The first-order chi connectivity index (χ1) is 28.5. The molecule has 1 unspecified atom stereocenters. The van der Waals surface area contributed by atoms with Gasteiger partial charge in [0.05, 0.1) is 11.4 Å². The Balaban J connectivity index is 0.985. The van der Waals surface area contributed by atoms with Crippen LogP contribution < -0.4 is 0 Å². The van der Waals surface area contributed by atoms with E-state index in [-0.39, 0.29) is 16.7 Å². The van der Waals surface area contributed by atoms with Crippen LogP contribution in [0.5, 0.6) is 0 Å². The Morgan fingerprint density at radius 2 is 1.31 bits per heavy atom. The topological polar surface area (TPSA) is 25.8 Å². The average Bonchev–Trinajstić information content (AvgIpc) is 3.86. The Hall–Kier alpha value is -5.90. The van der Waals surface area contributed by atoms with Gasteiger partial charge in [0.1, 0.15) is 0 Å². The fraction of sp³-hybridized carbons (Fsp3) is 0.200. The SMILES string of the molecule is CC1(C)c2ccccc2-c2cc3c(cc21)-c1cc(-c2ccc4sc5c(-c6cc(C7C=CC=CC7)nc(-c7ccccc7)n6)cccc5c4c2)ccc1C31CCCCC1. The van der Waals surface area contributed by atoms with Crippen molar-refractivity contribution in [1.29, 1.82) is 0 Å². The number of hydrogen-bond acceptors (Lipinski definition) is 3. The molecule has 0 radical (unpaired) electrons. The van der Waals surface area contributed by atoms with Crippen LogP contribution in [0.4, 0.5) is 0 Å². The lowest BCUT2D eigenvalue weighted by atomic mass is 9.67. The summed E-state index contributed by atoms with van der Waals surface area (Å²) in [7, 11) is 0. The summed E-state index contributed by atoms with van der Waals surface area (Å²) in [6.07, 6.45) is 16.1. The van der Waals surface area contributed by atoms with E-state index in [1.165, 1.54) is 102 Å². The van der Waals surface area contributed by atoms with E-state index in [1.807, 2.05) is 11.3 Å². The molecule has 2 aromatic heterocycles. The van der Waals surface area contributed by atoms with Crippen molar-refractivity contribution in [2.45, 2.75) is 69.1 Å². The molecule has 58 heavy (non-hydrogen) atoms. The molecule has 0 bridgehead atoms. The molecule has 8 aromatic rings. The lowest BCUT2D eigenvalue weighted by molar-refractivity contribution is 0.353. The van der Waals surface area contributed by atoms with E-state index in [2.05, 4.69) is 166 Å². The molecular weight excluding hydrogens is 721 g/mol. The lowest BCUT2D eigenvalue weighted by Crippen LogP contribution is -2.28. The predicted octanol–water partition coefficient (Wildman–Crippen LogP) is 15.0. The highest BCUT2D eigenvalue weighted by Gasteiger charge is 2.46. The zero-order chi connectivity index (χ0) is 38.6. The molecule has 12 rings (SSSR count). The maximum absolute atomic E-state index is 5.24. The van der Waals surface area contributed by atoms with E-state index < -0.39 is 0 Å². The van der Waals surface area contributed by atoms with Crippen molar-refractivity contribution in [2.75, 3.05) is 0 Å². The number of aromatic nitrogens is 2. The zero-order valence-corrected chi connectivity index (χ0v) is 33.9. The van der Waals surface area contributed by atoms with Crippen LogP contribution in [0.2, 0.25) is 0 Å². The number of thiophene rings is 1. The minimum Gasteiger partial charge on any atom is -0.232 e. The minimum absolute atomic E-state index is 0.0222. The molecule has 0 aliphatic heterocycles. The van der Waals surface area contributed by atoms with Crippen molar-refractivity contribution < 1.29 is 0 Å². The van der Waals surface area contributed by atoms with Gasteiger partial charge in [-0.3, -0.25) is 0 Å². The van der Waals surface area contributed by atoms with E-state index >= 15 is 0 Å². The van der Waals surface area contributed by atoms with Crippen LogP contribution >= 0.6 is 11.3 Å². The Bertz CT molecular complexity index is 3050. The maximum atomic E-state index is 5.24. The molecule has 4 aliphatic carbocycles.